The molecule has 0 spiro atoms. The summed E-state index contributed by atoms with van der Waals surface area (Å²) in [5, 5.41) is 19.0. The number of likely N-dealkylation sites (tertiary alicyclic amines) is 1. The molecule has 6 heteroatoms. The van der Waals surface area contributed by atoms with E-state index in [0.29, 0.717) is 32.5 Å². The second-order valence-corrected chi connectivity index (χ2v) is 5.25. The summed E-state index contributed by atoms with van der Waals surface area (Å²) in [6.07, 6.45) is 2.71. The van der Waals surface area contributed by atoms with Crippen LogP contribution >= 0.6 is 0 Å². The van der Waals surface area contributed by atoms with E-state index >= 15 is 0 Å². The zero-order valence-corrected chi connectivity index (χ0v) is 11.4. The smallest absolute Gasteiger partial charge is 0.250 e. The molecule has 2 N–H and O–H groups in total. The number of hydrogen-bond acceptors (Lipinski definition) is 4. The van der Waals surface area contributed by atoms with E-state index in [-0.39, 0.29) is 24.5 Å². The molecular formula is C14H20N2O4. The highest BCUT2D eigenvalue weighted by Gasteiger charge is 2.32. The highest BCUT2D eigenvalue weighted by molar-refractivity contribution is 5.76. The zero-order chi connectivity index (χ0) is 14.6. The maximum absolute atomic E-state index is 12.0. The fourth-order valence-electron chi connectivity index (χ4n) is 2.35. The van der Waals surface area contributed by atoms with Crippen LogP contribution in [0, 0.1) is 0 Å². The molecule has 1 saturated heterocycles. The van der Waals surface area contributed by atoms with Crippen LogP contribution in [0.15, 0.2) is 29.2 Å². The second-order valence-electron chi connectivity index (χ2n) is 5.25. The Morgan fingerprint density at radius 2 is 2.00 bits per heavy atom. The van der Waals surface area contributed by atoms with Crippen molar-refractivity contribution in [2.24, 2.45) is 0 Å². The zero-order valence-electron chi connectivity index (χ0n) is 11.4. The van der Waals surface area contributed by atoms with E-state index in [1.54, 1.807) is 23.2 Å². The highest BCUT2D eigenvalue weighted by atomic mass is 16.3. The lowest BCUT2D eigenvalue weighted by Gasteiger charge is -2.37. The van der Waals surface area contributed by atoms with E-state index in [9.17, 15) is 14.7 Å². The number of aromatic nitrogens is 1. The number of piperidine rings is 1. The van der Waals surface area contributed by atoms with Crippen LogP contribution in [0.4, 0.5) is 0 Å². The van der Waals surface area contributed by atoms with Gasteiger partial charge in [0.1, 0.15) is 0 Å². The van der Waals surface area contributed by atoms with E-state index in [2.05, 4.69) is 0 Å². The lowest BCUT2D eigenvalue weighted by atomic mass is 9.92. The van der Waals surface area contributed by atoms with Crippen molar-refractivity contribution in [2.75, 3.05) is 19.7 Å². The van der Waals surface area contributed by atoms with Gasteiger partial charge in [0.2, 0.25) is 5.91 Å². The Morgan fingerprint density at radius 3 is 2.60 bits per heavy atom. The van der Waals surface area contributed by atoms with Crippen LogP contribution in [-0.4, -0.2) is 50.9 Å². The predicted octanol–water partition coefficient (Wildman–Crippen LogP) is -0.416. The molecule has 0 radical (unpaired) electrons. The molecule has 2 rings (SSSR count). The SMILES string of the molecule is O=C(CCn1ccccc1=O)N1CCC(O)(CO)CC1. The number of nitrogens with zero attached hydrogens (tertiary/aromatic N) is 2. The first-order chi connectivity index (χ1) is 9.54. The number of amides is 1. The predicted molar refractivity (Wildman–Crippen MR) is 73.2 cm³/mol. The molecule has 6 nitrogen and oxygen atoms in total. The first kappa shape index (κ1) is 14.7. The van der Waals surface area contributed by atoms with E-state index in [1.165, 1.54) is 10.6 Å². The summed E-state index contributed by atoms with van der Waals surface area (Å²) in [5.74, 6) is -0.0271. The summed E-state index contributed by atoms with van der Waals surface area (Å²) in [4.78, 5) is 25.2. The summed E-state index contributed by atoms with van der Waals surface area (Å²) in [7, 11) is 0. The standard InChI is InChI=1S/C14H20N2O4/c17-11-14(20)5-9-16(10-6-14)13(19)4-8-15-7-2-1-3-12(15)18/h1-3,7,17,20H,4-6,8-11H2. The van der Waals surface area contributed by atoms with E-state index in [1.807, 2.05) is 0 Å². The van der Waals surface area contributed by atoms with Crippen LogP contribution < -0.4 is 5.56 Å². The Hall–Kier alpha value is -1.66. The van der Waals surface area contributed by atoms with Crippen molar-refractivity contribution in [3.05, 3.63) is 34.7 Å². The van der Waals surface area contributed by atoms with Gasteiger partial charge in [-0.15, -0.1) is 0 Å². The minimum Gasteiger partial charge on any atom is -0.393 e. The topological polar surface area (TPSA) is 82.8 Å². The van der Waals surface area contributed by atoms with Crippen LogP contribution in [-0.2, 0) is 11.3 Å². The van der Waals surface area contributed by atoms with E-state index in [0.717, 1.165) is 0 Å². The van der Waals surface area contributed by atoms with Gasteiger partial charge in [-0.1, -0.05) is 6.07 Å². The number of aliphatic hydroxyl groups excluding tert-OH is 1. The molecule has 1 aliphatic rings. The summed E-state index contributed by atoms with van der Waals surface area (Å²) < 4.78 is 1.51. The van der Waals surface area contributed by atoms with Crippen molar-refractivity contribution in [1.82, 2.24) is 9.47 Å². The third-order valence-corrected chi connectivity index (χ3v) is 3.81. The molecule has 0 saturated carbocycles. The summed E-state index contributed by atoms with van der Waals surface area (Å²) in [6.45, 7) is 0.979. The van der Waals surface area contributed by atoms with Gasteiger partial charge in [0.15, 0.2) is 0 Å². The fourth-order valence-corrected chi connectivity index (χ4v) is 2.35. The molecule has 1 amide bonds. The number of aliphatic hydroxyl groups is 2. The first-order valence-corrected chi connectivity index (χ1v) is 6.81. The quantitative estimate of drug-likeness (QED) is 0.785. The maximum Gasteiger partial charge on any atom is 0.250 e. The maximum atomic E-state index is 12.0. The summed E-state index contributed by atoms with van der Waals surface area (Å²) >= 11 is 0. The molecule has 20 heavy (non-hydrogen) atoms. The Balaban J connectivity index is 1.85. The minimum atomic E-state index is -1.05. The number of aryl methyl sites for hydroxylation is 1. The van der Waals surface area contributed by atoms with Gasteiger partial charge >= 0.3 is 0 Å². The molecular weight excluding hydrogens is 260 g/mol. The third-order valence-electron chi connectivity index (χ3n) is 3.81. The van der Waals surface area contributed by atoms with Crippen LogP contribution in [0.1, 0.15) is 19.3 Å². The second kappa shape index (κ2) is 6.19. The molecule has 0 atom stereocenters. The van der Waals surface area contributed by atoms with Crippen LogP contribution in [0.3, 0.4) is 0 Å². The van der Waals surface area contributed by atoms with Crippen molar-refractivity contribution >= 4 is 5.91 Å². The molecule has 1 aromatic rings. The average molecular weight is 280 g/mol. The van der Waals surface area contributed by atoms with Crippen molar-refractivity contribution in [2.45, 2.75) is 31.4 Å². The summed E-state index contributed by atoms with van der Waals surface area (Å²) in [6, 6.07) is 4.89. The summed E-state index contributed by atoms with van der Waals surface area (Å²) in [5.41, 5.74) is -1.17. The van der Waals surface area contributed by atoms with Gasteiger partial charge in [-0.3, -0.25) is 9.59 Å². The van der Waals surface area contributed by atoms with Crippen molar-refractivity contribution in [3.63, 3.8) is 0 Å². The van der Waals surface area contributed by atoms with Crippen molar-refractivity contribution in [3.8, 4) is 0 Å². The number of carbonyl (C=O) groups is 1. The number of hydrogen-bond donors (Lipinski definition) is 2. The molecule has 110 valence electrons. The lowest BCUT2D eigenvalue weighted by Crippen LogP contribution is -2.48. The van der Waals surface area contributed by atoms with Crippen molar-refractivity contribution in [1.29, 1.82) is 0 Å². The Labute approximate surface area is 117 Å². The highest BCUT2D eigenvalue weighted by Crippen LogP contribution is 2.21. The Bertz CT molecular complexity index is 518. The van der Waals surface area contributed by atoms with Crippen LogP contribution in [0.5, 0.6) is 0 Å². The van der Waals surface area contributed by atoms with E-state index < -0.39 is 5.60 Å². The number of carbonyl (C=O) groups excluding carboxylic acids is 1. The fraction of sp³-hybridized carbons (Fsp3) is 0.571. The molecule has 0 bridgehead atoms. The number of rotatable bonds is 4. The van der Waals surface area contributed by atoms with Gasteiger partial charge in [0.25, 0.3) is 5.56 Å². The van der Waals surface area contributed by atoms with Gasteiger partial charge in [-0.25, -0.2) is 0 Å². The first-order valence-electron chi connectivity index (χ1n) is 6.81. The minimum absolute atomic E-state index is 0.0271. The van der Waals surface area contributed by atoms with Crippen LogP contribution in [0.25, 0.3) is 0 Å². The third kappa shape index (κ3) is 3.46. The monoisotopic (exact) mass is 280 g/mol. The molecule has 0 aliphatic carbocycles. The molecule has 1 fully saturated rings. The molecule has 2 heterocycles. The average Bonchev–Trinajstić information content (AvgIpc) is 2.47. The molecule has 0 unspecified atom stereocenters. The van der Waals surface area contributed by atoms with E-state index in [4.69, 9.17) is 5.11 Å². The normalized spacial score (nSPS) is 18.0. The largest absolute Gasteiger partial charge is 0.393 e. The van der Waals surface area contributed by atoms with Gasteiger partial charge in [-0.2, -0.15) is 0 Å². The molecule has 1 aromatic heterocycles. The van der Waals surface area contributed by atoms with Gasteiger partial charge in [0, 0.05) is 38.3 Å². The molecule has 0 aromatic carbocycles. The lowest BCUT2D eigenvalue weighted by molar-refractivity contribution is -0.137. The van der Waals surface area contributed by atoms with Gasteiger partial charge in [0.05, 0.1) is 12.2 Å². The Kier molecular flexibility index (Phi) is 4.57. The van der Waals surface area contributed by atoms with Gasteiger partial charge < -0.3 is 19.7 Å². The Morgan fingerprint density at radius 1 is 1.30 bits per heavy atom. The van der Waals surface area contributed by atoms with Crippen LogP contribution in [0.2, 0.25) is 0 Å². The number of pyridine rings is 1. The van der Waals surface area contributed by atoms with Gasteiger partial charge in [-0.05, 0) is 18.9 Å². The van der Waals surface area contributed by atoms with Crippen molar-refractivity contribution < 1.29 is 15.0 Å². The molecule has 1 aliphatic heterocycles.